The molecule has 6 rings (SSSR count). The van der Waals surface area contributed by atoms with Crippen LogP contribution in [0.4, 0.5) is 11.4 Å². The van der Waals surface area contributed by atoms with E-state index in [9.17, 15) is 0 Å². The molecule has 2 nitrogen and oxygen atoms in total. The maximum atomic E-state index is 5.93. The third kappa shape index (κ3) is 11.2. The monoisotopic (exact) mass is 670 g/mol. The first-order chi connectivity index (χ1) is 25.0. The van der Waals surface area contributed by atoms with Crippen LogP contribution in [0.15, 0.2) is 140 Å². The van der Waals surface area contributed by atoms with E-state index in [1.807, 2.05) is 24.3 Å². The molecule has 51 heavy (non-hydrogen) atoms. The van der Waals surface area contributed by atoms with Crippen molar-refractivity contribution < 1.29 is 0 Å². The highest BCUT2D eigenvalue weighted by Crippen LogP contribution is 2.23. The summed E-state index contributed by atoms with van der Waals surface area (Å²) in [6.07, 6.45) is 13.8. The van der Waals surface area contributed by atoms with Gasteiger partial charge >= 0.3 is 0 Å². The molecule has 0 saturated heterocycles. The number of rotatable bonds is 17. The molecule has 2 heteroatoms. The quantitative estimate of drug-likeness (QED) is 0.0749. The second kappa shape index (κ2) is 18.2. The molecule has 4 N–H and O–H groups in total. The number of hydrogen-bond acceptors (Lipinski definition) is 2. The summed E-state index contributed by atoms with van der Waals surface area (Å²) < 4.78 is 0. The third-order valence-corrected chi connectivity index (χ3v) is 10.1. The Hall–Kier alpha value is -5.08. The Morgan fingerprint density at radius 2 is 0.627 bits per heavy atom. The van der Waals surface area contributed by atoms with Crippen molar-refractivity contribution in [2.45, 2.75) is 84.0 Å². The number of benzene rings is 6. The first-order valence-corrected chi connectivity index (χ1v) is 19.0. The van der Waals surface area contributed by atoms with Crippen molar-refractivity contribution >= 4 is 11.4 Å². The zero-order valence-electron chi connectivity index (χ0n) is 30.4. The van der Waals surface area contributed by atoms with Crippen LogP contribution in [0, 0.1) is 0 Å². The van der Waals surface area contributed by atoms with Crippen LogP contribution in [-0.4, -0.2) is 0 Å². The molecule has 0 radical (unpaired) electrons. The molecule has 0 bridgehead atoms. The lowest BCUT2D eigenvalue weighted by Crippen LogP contribution is -2.00. The molecule has 0 aliphatic rings. The molecule has 0 aliphatic carbocycles. The van der Waals surface area contributed by atoms with Crippen LogP contribution in [0.25, 0.3) is 0 Å². The number of hydrogen-bond donors (Lipinski definition) is 2. The van der Waals surface area contributed by atoms with E-state index in [-0.39, 0.29) is 0 Å². The molecular formula is C49H54N2. The van der Waals surface area contributed by atoms with E-state index in [0.29, 0.717) is 0 Å². The molecule has 0 unspecified atom stereocenters. The summed E-state index contributed by atoms with van der Waals surface area (Å²) in [5.41, 5.74) is 28.4. The second-order valence-corrected chi connectivity index (χ2v) is 14.4. The summed E-state index contributed by atoms with van der Waals surface area (Å²) >= 11 is 0. The molecule has 0 spiro atoms. The van der Waals surface area contributed by atoms with Gasteiger partial charge in [-0.15, -0.1) is 0 Å². The van der Waals surface area contributed by atoms with Crippen molar-refractivity contribution in [3.63, 3.8) is 0 Å². The van der Waals surface area contributed by atoms with Gasteiger partial charge in [-0.2, -0.15) is 0 Å². The van der Waals surface area contributed by atoms with Gasteiger partial charge in [-0.25, -0.2) is 0 Å². The number of nitrogens with two attached hydrogens (primary N) is 2. The fourth-order valence-electron chi connectivity index (χ4n) is 7.05. The van der Waals surface area contributed by atoms with E-state index in [1.54, 1.807) is 0 Å². The average molecular weight is 671 g/mol. The highest BCUT2D eigenvalue weighted by molar-refractivity contribution is 5.44. The lowest BCUT2D eigenvalue weighted by Gasteiger charge is -2.14. The summed E-state index contributed by atoms with van der Waals surface area (Å²) in [6.45, 7) is 2.29. The van der Waals surface area contributed by atoms with Crippen LogP contribution in [0.5, 0.6) is 0 Å². The number of unbranched alkanes of at least 4 members (excludes halogenated alkanes) is 5. The Balaban J connectivity index is 1.04. The minimum atomic E-state index is 0.810. The smallest absolute Gasteiger partial charge is 0.0314 e. The average Bonchev–Trinajstić information content (AvgIpc) is 3.15. The van der Waals surface area contributed by atoms with E-state index in [4.69, 9.17) is 11.5 Å². The highest BCUT2D eigenvalue weighted by atomic mass is 14.5. The number of nitrogen functional groups attached to an aromatic ring is 2. The van der Waals surface area contributed by atoms with Crippen LogP contribution in [0.2, 0.25) is 0 Å². The van der Waals surface area contributed by atoms with Crippen molar-refractivity contribution in [1.29, 1.82) is 0 Å². The van der Waals surface area contributed by atoms with Crippen LogP contribution >= 0.6 is 0 Å². The van der Waals surface area contributed by atoms with Crippen LogP contribution in [0.1, 0.15) is 107 Å². The Bertz CT molecular complexity index is 1920. The van der Waals surface area contributed by atoms with E-state index >= 15 is 0 Å². The van der Waals surface area contributed by atoms with Gasteiger partial charge in [-0.3, -0.25) is 0 Å². The van der Waals surface area contributed by atoms with Gasteiger partial charge in [0.15, 0.2) is 0 Å². The third-order valence-electron chi connectivity index (χ3n) is 10.1. The van der Waals surface area contributed by atoms with E-state index in [2.05, 4.69) is 122 Å². The molecular weight excluding hydrogens is 617 g/mol. The summed E-state index contributed by atoms with van der Waals surface area (Å²) in [7, 11) is 0. The van der Waals surface area contributed by atoms with Gasteiger partial charge in [0, 0.05) is 11.4 Å². The van der Waals surface area contributed by atoms with E-state index in [0.717, 1.165) is 49.9 Å². The first kappa shape index (κ1) is 35.7. The molecule has 0 heterocycles. The Kier molecular flexibility index (Phi) is 12.8. The topological polar surface area (TPSA) is 52.0 Å². The zero-order valence-corrected chi connectivity index (χ0v) is 30.4. The SMILES string of the molecule is CCCCCCCCc1cc(Cc2ccc(N)cc2)ccc1Cc1ccc(Cc2ccc(Cc3ccc(Cc4ccc(N)cc4)cc3)cc2)cc1. The lowest BCUT2D eigenvalue weighted by molar-refractivity contribution is 0.606. The van der Waals surface area contributed by atoms with Crippen molar-refractivity contribution in [3.05, 3.63) is 201 Å². The molecule has 0 saturated carbocycles. The summed E-state index contributed by atoms with van der Waals surface area (Å²) in [4.78, 5) is 0. The normalized spacial score (nSPS) is 11.2. The highest BCUT2D eigenvalue weighted by Gasteiger charge is 2.08. The van der Waals surface area contributed by atoms with Crippen LogP contribution in [0.3, 0.4) is 0 Å². The maximum absolute atomic E-state index is 5.93. The van der Waals surface area contributed by atoms with Gasteiger partial charge in [0.25, 0.3) is 0 Å². The minimum absolute atomic E-state index is 0.810. The standard InChI is InChI=1S/C49H54N2/c1-2-3-4-5-6-7-8-46-36-45(34-43-24-29-49(51)30-25-43)21-26-47(46)35-44-19-17-41(18-20-44)32-39-11-9-37(10-12-39)31-38-13-15-40(16-14-38)33-42-22-27-48(50)28-23-42/h9-30,36H,2-8,31-35,50-51H2,1H3. The largest absolute Gasteiger partial charge is 0.399 e. The fourth-order valence-corrected chi connectivity index (χ4v) is 7.05. The Labute approximate surface area is 306 Å². The Morgan fingerprint density at radius 1 is 0.314 bits per heavy atom. The van der Waals surface area contributed by atoms with Gasteiger partial charge in [-0.1, -0.05) is 154 Å². The minimum Gasteiger partial charge on any atom is -0.399 e. The van der Waals surface area contributed by atoms with Gasteiger partial charge in [0.1, 0.15) is 0 Å². The summed E-state index contributed by atoms with van der Waals surface area (Å²) in [5, 5.41) is 0. The first-order valence-electron chi connectivity index (χ1n) is 19.0. The van der Waals surface area contributed by atoms with Gasteiger partial charge in [-0.05, 0) is 130 Å². The molecule has 0 fully saturated rings. The zero-order chi connectivity index (χ0) is 35.3. The van der Waals surface area contributed by atoms with E-state index in [1.165, 1.54) is 99.7 Å². The van der Waals surface area contributed by atoms with Crippen LogP contribution < -0.4 is 11.5 Å². The predicted molar refractivity (Wildman–Crippen MR) is 219 cm³/mol. The molecule has 0 amide bonds. The molecule has 0 atom stereocenters. The number of aryl methyl sites for hydroxylation is 1. The molecule has 260 valence electrons. The van der Waals surface area contributed by atoms with Crippen molar-refractivity contribution in [2.75, 3.05) is 11.5 Å². The van der Waals surface area contributed by atoms with Crippen LogP contribution in [-0.2, 0) is 38.5 Å². The summed E-state index contributed by atoms with van der Waals surface area (Å²) in [6, 6.07) is 51.1. The predicted octanol–water partition coefficient (Wildman–Crippen LogP) is 11.7. The molecule has 6 aromatic carbocycles. The van der Waals surface area contributed by atoms with Crippen molar-refractivity contribution in [2.24, 2.45) is 0 Å². The lowest BCUT2D eigenvalue weighted by atomic mass is 9.92. The van der Waals surface area contributed by atoms with Gasteiger partial charge in [0.05, 0.1) is 0 Å². The summed E-state index contributed by atoms with van der Waals surface area (Å²) in [5.74, 6) is 0. The molecule has 0 aromatic heterocycles. The van der Waals surface area contributed by atoms with Gasteiger partial charge < -0.3 is 11.5 Å². The Morgan fingerprint density at radius 3 is 1.04 bits per heavy atom. The number of anilines is 2. The molecule has 6 aromatic rings. The van der Waals surface area contributed by atoms with Crippen molar-refractivity contribution in [1.82, 2.24) is 0 Å². The van der Waals surface area contributed by atoms with Crippen molar-refractivity contribution in [3.8, 4) is 0 Å². The van der Waals surface area contributed by atoms with E-state index < -0.39 is 0 Å². The van der Waals surface area contributed by atoms with Gasteiger partial charge in [0.2, 0.25) is 0 Å². The fraction of sp³-hybridized carbons (Fsp3) is 0.265. The second-order valence-electron chi connectivity index (χ2n) is 14.4. The maximum Gasteiger partial charge on any atom is 0.0314 e. The molecule has 0 aliphatic heterocycles.